The summed E-state index contributed by atoms with van der Waals surface area (Å²) in [6, 6.07) is 13.3. The lowest BCUT2D eigenvalue weighted by atomic mass is 10.1. The maximum Gasteiger partial charge on any atom is 0.416 e. The lowest BCUT2D eigenvalue weighted by Crippen LogP contribution is -2.13. The molecule has 0 fully saturated rings. The van der Waals surface area contributed by atoms with E-state index in [1.165, 1.54) is 36.5 Å². The Labute approximate surface area is 147 Å². The van der Waals surface area contributed by atoms with Crippen molar-refractivity contribution >= 4 is 21.6 Å². The highest BCUT2D eigenvalue weighted by atomic mass is 35.5. The molecular formula is C17H11ClF3NO2S. The van der Waals surface area contributed by atoms with Crippen LogP contribution in [0, 0.1) is 0 Å². The van der Waals surface area contributed by atoms with Crippen molar-refractivity contribution < 1.29 is 21.6 Å². The largest absolute Gasteiger partial charge is 0.416 e. The average Bonchev–Trinajstić information content (AvgIpc) is 2.98. The summed E-state index contributed by atoms with van der Waals surface area (Å²) >= 11 is 5.93. The second kappa shape index (κ2) is 6.24. The summed E-state index contributed by atoms with van der Waals surface area (Å²) in [7, 11) is -3.99. The molecule has 0 amide bonds. The van der Waals surface area contributed by atoms with Gasteiger partial charge in [0.1, 0.15) is 0 Å². The van der Waals surface area contributed by atoms with Gasteiger partial charge in [0, 0.05) is 6.20 Å². The van der Waals surface area contributed by atoms with E-state index in [2.05, 4.69) is 0 Å². The van der Waals surface area contributed by atoms with Gasteiger partial charge in [-0.1, -0.05) is 41.9 Å². The molecule has 0 saturated carbocycles. The zero-order chi connectivity index (χ0) is 18.2. The molecule has 8 heteroatoms. The summed E-state index contributed by atoms with van der Waals surface area (Å²) < 4.78 is 65.3. The first kappa shape index (κ1) is 17.6. The van der Waals surface area contributed by atoms with Crippen LogP contribution in [0.1, 0.15) is 5.56 Å². The Morgan fingerprint density at radius 1 is 0.920 bits per heavy atom. The fraction of sp³-hybridized carbons (Fsp3) is 0.0588. The van der Waals surface area contributed by atoms with E-state index in [0.717, 1.165) is 16.1 Å². The summed E-state index contributed by atoms with van der Waals surface area (Å²) in [5.41, 5.74) is -0.716. The molecule has 2 aromatic carbocycles. The Morgan fingerprint density at radius 2 is 1.60 bits per heavy atom. The fourth-order valence-corrected chi connectivity index (χ4v) is 4.04. The maximum atomic E-state index is 12.9. The zero-order valence-corrected chi connectivity index (χ0v) is 14.1. The molecule has 0 saturated heterocycles. The number of nitrogens with zero attached hydrogens (tertiary/aromatic N) is 1. The highest BCUT2D eigenvalue weighted by molar-refractivity contribution is 7.90. The van der Waals surface area contributed by atoms with Crippen molar-refractivity contribution in [2.24, 2.45) is 0 Å². The number of benzene rings is 2. The summed E-state index contributed by atoms with van der Waals surface area (Å²) in [4.78, 5) is 0.00972. The molecule has 0 bridgehead atoms. The van der Waals surface area contributed by atoms with Crippen molar-refractivity contribution in [1.82, 2.24) is 3.97 Å². The third-order valence-corrected chi connectivity index (χ3v) is 5.43. The summed E-state index contributed by atoms with van der Waals surface area (Å²) in [5.74, 6) is 0. The van der Waals surface area contributed by atoms with Crippen molar-refractivity contribution in [2.45, 2.75) is 11.1 Å². The predicted octanol–water partition coefficient (Wildman–Crippen LogP) is 5.06. The minimum absolute atomic E-state index is 0.00972. The molecule has 0 unspecified atom stereocenters. The van der Waals surface area contributed by atoms with E-state index < -0.39 is 21.8 Å². The first-order valence-corrected chi connectivity index (χ1v) is 8.87. The number of aromatic nitrogens is 1. The Balaban J connectivity index is 2.18. The average molecular weight is 386 g/mol. The van der Waals surface area contributed by atoms with Crippen LogP contribution in [0.2, 0.25) is 5.02 Å². The second-order valence-corrected chi connectivity index (χ2v) is 7.49. The Hall–Kier alpha value is -2.25. The van der Waals surface area contributed by atoms with Crippen molar-refractivity contribution in [1.29, 1.82) is 0 Å². The monoisotopic (exact) mass is 385 g/mol. The van der Waals surface area contributed by atoms with Crippen LogP contribution in [0.25, 0.3) is 11.3 Å². The van der Waals surface area contributed by atoms with Gasteiger partial charge in [-0.25, -0.2) is 12.4 Å². The molecule has 0 atom stereocenters. The van der Waals surface area contributed by atoms with Crippen LogP contribution in [-0.2, 0) is 16.2 Å². The molecule has 3 aromatic rings. The predicted molar refractivity (Wildman–Crippen MR) is 88.9 cm³/mol. The molecule has 0 aliphatic carbocycles. The SMILES string of the molecule is O=S(=O)(c1ccccc1)n1cc(Cl)cc1-c1cccc(C(F)(F)F)c1. The molecule has 3 rings (SSSR count). The number of hydrogen-bond acceptors (Lipinski definition) is 2. The van der Waals surface area contributed by atoms with Gasteiger partial charge in [0.25, 0.3) is 10.0 Å². The van der Waals surface area contributed by atoms with Gasteiger partial charge in [0.15, 0.2) is 0 Å². The minimum Gasteiger partial charge on any atom is -0.240 e. The molecule has 0 aliphatic rings. The fourth-order valence-electron chi connectivity index (χ4n) is 2.38. The van der Waals surface area contributed by atoms with Gasteiger partial charge in [-0.15, -0.1) is 0 Å². The normalized spacial score (nSPS) is 12.3. The first-order valence-electron chi connectivity index (χ1n) is 7.06. The van der Waals surface area contributed by atoms with Crippen LogP contribution in [0.15, 0.2) is 71.8 Å². The van der Waals surface area contributed by atoms with Crippen LogP contribution in [0.5, 0.6) is 0 Å². The molecule has 1 heterocycles. The van der Waals surface area contributed by atoms with E-state index in [9.17, 15) is 21.6 Å². The van der Waals surface area contributed by atoms with Gasteiger partial charge >= 0.3 is 6.18 Å². The highest BCUT2D eigenvalue weighted by Gasteiger charge is 2.31. The van der Waals surface area contributed by atoms with E-state index >= 15 is 0 Å². The van der Waals surface area contributed by atoms with E-state index in [-0.39, 0.29) is 21.2 Å². The number of hydrogen-bond donors (Lipinski definition) is 0. The van der Waals surface area contributed by atoms with Crippen LogP contribution in [0.4, 0.5) is 13.2 Å². The zero-order valence-electron chi connectivity index (χ0n) is 12.5. The quantitative estimate of drug-likeness (QED) is 0.631. The standard InChI is InChI=1S/C17H11ClF3NO2S/c18-14-10-16(12-5-4-6-13(9-12)17(19,20)21)22(11-14)25(23,24)15-7-2-1-3-8-15/h1-11H. The van der Waals surface area contributed by atoms with Crippen molar-refractivity contribution in [3.8, 4) is 11.3 Å². The van der Waals surface area contributed by atoms with Gasteiger partial charge in [0.2, 0.25) is 0 Å². The molecule has 25 heavy (non-hydrogen) atoms. The molecule has 0 radical (unpaired) electrons. The highest BCUT2D eigenvalue weighted by Crippen LogP contribution is 2.34. The smallest absolute Gasteiger partial charge is 0.240 e. The molecule has 1 aromatic heterocycles. The Bertz CT molecular complexity index is 1010. The number of alkyl halides is 3. The van der Waals surface area contributed by atoms with E-state index in [1.807, 2.05) is 0 Å². The number of rotatable bonds is 3. The summed E-state index contributed by atoms with van der Waals surface area (Å²) in [6.07, 6.45) is -3.37. The third-order valence-electron chi connectivity index (χ3n) is 3.54. The third kappa shape index (κ3) is 3.43. The molecule has 0 N–H and O–H groups in total. The number of halogens is 4. The molecule has 0 spiro atoms. The van der Waals surface area contributed by atoms with Crippen LogP contribution < -0.4 is 0 Å². The lowest BCUT2D eigenvalue weighted by molar-refractivity contribution is -0.137. The van der Waals surface area contributed by atoms with Gasteiger partial charge < -0.3 is 0 Å². The topological polar surface area (TPSA) is 39.1 Å². The van der Waals surface area contributed by atoms with Crippen LogP contribution in [-0.4, -0.2) is 12.4 Å². The van der Waals surface area contributed by atoms with Gasteiger partial charge in [-0.3, -0.25) is 0 Å². The van der Waals surface area contributed by atoms with E-state index in [4.69, 9.17) is 11.6 Å². The molecule has 0 aliphatic heterocycles. The van der Waals surface area contributed by atoms with Crippen LogP contribution >= 0.6 is 11.6 Å². The molecule has 3 nitrogen and oxygen atoms in total. The van der Waals surface area contributed by atoms with E-state index in [1.54, 1.807) is 18.2 Å². The van der Waals surface area contributed by atoms with Crippen molar-refractivity contribution in [2.75, 3.05) is 0 Å². The van der Waals surface area contributed by atoms with Gasteiger partial charge in [0.05, 0.1) is 21.2 Å². The van der Waals surface area contributed by atoms with Gasteiger partial charge in [-0.05, 0) is 35.9 Å². The summed E-state index contributed by atoms with van der Waals surface area (Å²) in [5, 5.41) is 0.104. The Kier molecular flexibility index (Phi) is 4.38. The molecule has 130 valence electrons. The van der Waals surface area contributed by atoms with Crippen LogP contribution in [0.3, 0.4) is 0 Å². The first-order chi connectivity index (χ1) is 11.7. The van der Waals surface area contributed by atoms with Gasteiger partial charge in [-0.2, -0.15) is 13.2 Å². The van der Waals surface area contributed by atoms with Crippen molar-refractivity contribution in [3.63, 3.8) is 0 Å². The summed E-state index contributed by atoms with van der Waals surface area (Å²) in [6.45, 7) is 0. The minimum atomic E-state index is -4.53. The van der Waals surface area contributed by atoms with E-state index in [0.29, 0.717) is 0 Å². The van der Waals surface area contributed by atoms with Crippen molar-refractivity contribution in [3.05, 3.63) is 77.4 Å². The maximum absolute atomic E-state index is 12.9. The second-order valence-electron chi connectivity index (χ2n) is 5.24. The Morgan fingerprint density at radius 3 is 2.24 bits per heavy atom. The lowest BCUT2D eigenvalue weighted by Gasteiger charge is -2.12. The molecular weight excluding hydrogens is 375 g/mol.